The fourth-order valence-corrected chi connectivity index (χ4v) is 3.49. The number of carbonyl (C=O) groups is 2. The lowest BCUT2D eigenvalue weighted by molar-refractivity contribution is -0.143. The Morgan fingerprint density at radius 3 is 2.40 bits per heavy atom. The van der Waals surface area contributed by atoms with Crippen LogP contribution in [0.4, 0.5) is 0 Å². The highest BCUT2D eigenvalue weighted by Crippen LogP contribution is 2.16. The molecule has 1 N–H and O–H groups in total. The van der Waals surface area contributed by atoms with Gasteiger partial charge in [0.1, 0.15) is 11.8 Å². The van der Waals surface area contributed by atoms with Gasteiger partial charge in [-0.05, 0) is 79.1 Å². The molecule has 30 heavy (non-hydrogen) atoms. The van der Waals surface area contributed by atoms with E-state index in [-0.39, 0.29) is 24.5 Å². The number of carbonyl (C=O) groups excluding carboxylic acids is 2. The highest BCUT2D eigenvalue weighted by molar-refractivity contribution is 14.1. The maximum absolute atomic E-state index is 13.2. The van der Waals surface area contributed by atoms with Gasteiger partial charge in [-0.3, -0.25) is 9.59 Å². The summed E-state index contributed by atoms with van der Waals surface area (Å²) in [7, 11) is 0. The number of amides is 2. The zero-order valence-electron chi connectivity index (χ0n) is 18.2. The van der Waals surface area contributed by atoms with E-state index in [9.17, 15) is 9.59 Å². The number of hydrogen-bond acceptors (Lipinski definition) is 3. The van der Waals surface area contributed by atoms with E-state index in [1.165, 1.54) is 0 Å². The number of halogens is 1. The molecule has 0 fully saturated rings. The van der Waals surface area contributed by atoms with Gasteiger partial charge in [-0.15, -0.1) is 0 Å². The summed E-state index contributed by atoms with van der Waals surface area (Å²) in [6, 6.07) is 15.1. The van der Waals surface area contributed by atoms with Gasteiger partial charge in [-0.25, -0.2) is 0 Å². The van der Waals surface area contributed by atoms with Crippen molar-refractivity contribution in [2.45, 2.75) is 59.2 Å². The monoisotopic (exact) mass is 522 g/mol. The molecule has 0 saturated carbocycles. The summed E-state index contributed by atoms with van der Waals surface area (Å²) < 4.78 is 6.81. The van der Waals surface area contributed by atoms with Crippen LogP contribution in [-0.4, -0.2) is 35.4 Å². The minimum absolute atomic E-state index is 0.0607. The van der Waals surface area contributed by atoms with Gasteiger partial charge in [0, 0.05) is 16.2 Å². The summed E-state index contributed by atoms with van der Waals surface area (Å²) in [6.45, 7) is 8.19. The van der Waals surface area contributed by atoms with Crippen molar-refractivity contribution >= 4 is 34.4 Å². The average Bonchev–Trinajstić information content (AvgIpc) is 2.72. The van der Waals surface area contributed by atoms with Crippen molar-refractivity contribution in [2.24, 2.45) is 0 Å². The quantitative estimate of drug-likeness (QED) is 0.461. The van der Waals surface area contributed by atoms with Gasteiger partial charge in [0.05, 0.1) is 0 Å². The summed E-state index contributed by atoms with van der Waals surface area (Å²) in [6.07, 6.45) is 1.37. The largest absolute Gasteiger partial charge is 0.484 e. The normalized spacial score (nSPS) is 12.7. The Balaban J connectivity index is 2.20. The lowest BCUT2D eigenvalue weighted by Crippen LogP contribution is -2.51. The molecule has 2 aromatic carbocycles. The Kier molecular flexibility index (Phi) is 9.62. The SMILES string of the molecule is CC[C@@H](C)NC(=O)[C@H](CC)N(Cc1cccc(C)c1)C(=O)COc1ccc(I)cc1. The zero-order chi connectivity index (χ0) is 22.1. The van der Waals surface area contributed by atoms with E-state index in [1.54, 1.807) is 4.90 Å². The van der Waals surface area contributed by atoms with Gasteiger partial charge < -0.3 is 15.0 Å². The fourth-order valence-electron chi connectivity index (χ4n) is 3.13. The Morgan fingerprint density at radius 1 is 1.10 bits per heavy atom. The second-order valence-corrected chi connectivity index (χ2v) is 8.74. The summed E-state index contributed by atoms with van der Waals surface area (Å²) in [5.41, 5.74) is 2.11. The second kappa shape index (κ2) is 11.9. The van der Waals surface area contributed by atoms with Gasteiger partial charge in [0.15, 0.2) is 6.61 Å². The number of aryl methyl sites for hydroxylation is 1. The van der Waals surface area contributed by atoms with E-state index in [4.69, 9.17) is 4.74 Å². The highest BCUT2D eigenvalue weighted by Gasteiger charge is 2.29. The smallest absolute Gasteiger partial charge is 0.261 e. The van der Waals surface area contributed by atoms with Crippen molar-refractivity contribution in [3.63, 3.8) is 0 Å². The third-order valence-electron chi connectivity index (χ3n) is 5.00. The average molecular weight is 522 g/mol. The maximum atomic E-state index is 13.2. The van der Waals surface area contributed by atoms with Crippen LogP contribution in [0.25, 0.3) is 0 Å². The van der Waals surface area contributed by atoms with Crippen LogP contribution in [-0.2, 0) is 16.1 Å². The molecule has 0 spiro atoms. The minimum Gasteiger partial charge on any atom is -0.484 e. The molecule has 6 heteroatoms. The molecule has 2 amide bonds. The van der Waals surface area contributed by atoms with Crippen molar-refractivity contribution in [1.82, 2.24) is 10.2 Å². The molecule has 2 aromatic rings. The Bertz CT molecular complexity index is 839. The van der Waals surface area contributed by atoms with Crippen LogP contribution >= 0.6 is 22.6 Å². The molecule has 0 bridgehead atoms. The summed E-state index contributed by atoms with van der Waals surface area (Å²) in [5.74, 6) is 0.305. The van der Waals surface area contributed by atoms with Crippen molar-refractivity contribution in [1.29, 1.82) is 0 Å². The first-order valence-corrected chi connectivity index (χ1v) is 11.5. The molecule has 2 atom stereocenters. The fraction of sp³-hybridized carbons (Fsp3) is 0.417. The van der Waals surface area contributed by atoms with Crippen molar-refractivity contribution in [3.05, 3.63) is 63.2 Å². The Morgan fingerprint density at radius 2 is 1.80 bits per heavy atom. The second-order valence-electron chi connectivity index (χ2n) is 7.50. The molecule has 162 valence electrons. The van der Waals surface area contributed by atoms with E-state index in [0.29, 0.717) is 18.7 Å². The molecule has 0 unspecified atom stereocenters. The minimum atomic E-state index is -0.549. The van der Waals surface area contributed by atoms with Crippen LogP contribution in [0.5, 0.6) is 5.75 Å². The third-order valence-corrected chi connectivity index (χ3v) is 5.72. The molecular weight excluding hydrogens is 491 g/mol. The number of rotatable bonds is 10. The van der Waals surface area contributed by atoms with Crippen LogP contribution in [0.2, 0.25) is 0 Å². The molecule has 0 heterocycles. The van der Waals surface area contributed by atoms with E-state index in [0.717, 1.165) is 21.1 Å². The van der Waals surface area contributed by atoms with Gasteiger partial charge in [-0.2, -0.15) is 0 Å². The first-order valence-electron chi connectivity index (χ1n) is 10.4. The van der Waals surface area contributed by atoms with E-state index in [2.05, 4.69) is 27.9 Å². The Labute approximate surface area is 193 Å². The molecule has 0 aliphatic carbocycles. The number of hydrogen-bond donors (Lipinski definition) is 1. The maximum Gasteiger partial charge on any atom is 0.261 e. The number of benzene rings is 2. The molecule has 0 saturated heterocycles. The molecule has 0 radical (unpaired) electrons. The van der Waals surface area contributed by atoms with Crippen LogP contribution in [0.15, 0.2) is 48.5 Å². The van der Waals surface area contributed by atoms with E-state index >= 15 is 0 Å². The first kappa shape index (κ1) is 24.2. The van der Waals surface area contributed by atoms with Crippen LogP contribution in [0, 0.1) is 10.5 Å². The third kappa shape index (κ3) is 7.31. The molecule has 5 nitrogen and oxygen atoms in total. The molecule has 0 aliphatic heterocycles. The van der Waals surface area contributed by atoms with Gasteiger partial charge >= 0.3 is 0 Å². The summed E-state index contributed by atoms with van der Waals surface area (Å²) in [5, 5.41) is 3.02. The molecule has 0 aromatic heterocycles. The number of nitrogens with one attached hydrogen (secondary N) is 1. The molecular formula is C24H31IN2O3. The highest BCUT2D eigenvalue weighted by atomic mass is 127. The van der Waals surface area contributed by atoms with Gasteiger partial charge in [-0.1, -0.05) is 43.7 Å². The molecule has 2 rings (SSSR count). The van der Waals surface area contributed by atoms with Crippen molar-refractivity contribution in [2.75, 3.05) is 6.61 Å². The zero-order valence-corrected chi connectivity index (χ0v) is 20.3. The predicted molar refractivity (Wildman–Crippen MR) is 128 cm³/mol. The van der Waals surface area contributed by atoms with Crippen LogP contribution in [0.1, 0.15) is 44.7 Å². The van der Waals surface area contributed by atoms with Crippen molar-refractivity contribution < 1.29 is 14.3 Å². The lowest BCUT2D eigenvalue weighted by atomic mass is 10.1. The predicted octanol–water partition coefficient (Wildman–Crippen LogP) is 4.70. The lowest BCUT2D eigenvalue weighted by Gasteiger charge is -2.31. The number of nitrogens with zero attached hydrogens (tertiary/aromatic N) is 1. The van der Waals surface area contributed by atoms with Crippen LogP contribution < -0.4 is 10.1 Å². The first-order chi connectivity index (χ1) is 14.3. The van der Waals surface area contributed by atoms with Crippen LogP contribution in [0.3, 0.4) is 0 Å². The summed E-state index contributed by atoms with van der Waals surface area (Å²) in [4.78, 5) is 27.7. The standard InChI is InChI=1S/C24H31IN2O3/c1-5-18(4)26-24(29)22(6-2)27(15-19-9-7-8-17(3)14-19)23(28)16-30-21-12-10-20(25)11-13-21/h7-14,18,22H,5-6,15-16H2,1-4H3,(H,26,29)/t18-,22+/m1/s1. The molecule has 0 aliphatic rings. The topological polar surface area (TPSA) is 58.6 Å². The number of ether oxygens (including phenoxy) is 1. The van der Waals surface area contributed by atoms with Gasteiger partial charge in [0.2, 0.25) is 5.91 Å². The van der Waals surface area contributed by atoms with E-state index in [1.807, 2.05) is 76.2 Å². The van der Waals surface area contributed by atoms with Crippen molar-refractivity contribution in [3.8, 4) is 5.75 Å². The Hall–Kier alpha value is -2.09. The van der Waals surface area contributed by atoms with E-state index < -0.39 is 6.04 Å². The summed E-state index contributed by atoms with van der Waals surface area (Å²) >= 11 is 2.22. The van der Waals surface area contributed by atoms with Gasteiger partial charge in [0.25, 0.3) is 5.91 Å².